The van der Waals surface area contributed by atoms with Crippen LogP contribution >= 0.6 is 0 Å². The highest BCUT2D eigenvalue weighted by atomic mass is 16.4. The first-order valence-corrected chi connectivity index (χ1v) is 12.5. The van der Waals surface area contributed by atoms with E-state index in [-0.39, 0.29) is 22.3 Å². The first-order chi connectivity index (χ1) is 13.9. The van der Waals surface area contributed by atoms with Crippen LogP contribution in [0, 0.1) is 45.3 Å². The Bertz CT molecular complexity index is 738. The standard InChI is InChI=1S/C27H44O3/c1-17(7-10-23(29)30)18-11-15-27(6)20-8-9-21-24(2,3)22(28)13-14-25(21,4)19(20)12-16-26(18,27)5/h12,17-18,20-22,28H,7-11,13-16H2,1-6H3,(H,29,30)/t17-,18-,20-,21+,22-,25-,26-,27+/m1/s1. The number of carboxylic acids is 1. The number of carboxylic acid groups (broad SMARTS) is 1. The average Bonchev–Trinajstić information content (AvgIpc) is 2.95. The molecule has 3 saturated carbocycles. The third-order valence-corrected chi connectivity index (χ3v) is 11.4. The number of hydrogen-bond donors (Lipinski definition) is 2. The summed E-state index contributed by atoms with van der Waals surface area (Å²) in [4.78, 5) is 11.1. The van der Waals surface area contributed by atoms with Crippen LogP contribution in [-0.2, 0) is 4.79 Å². The maximum absolute atomic E-state index is 11.1. The maximum atomic E-state index is 11.1. The van der Waals surface area contributed by atoms with Crippen LogP contribution in [0.3, 0.4) is 0 Å². The van der Waals surface area contributed by atoms with Gasteiger partial charge in [-0.05, 0) is 96.7 Å². The monoisotopic (exact) mass is 416 g/mol. The van der Waals surface area contributed by atoms with Crippen LogP contribution in [0.2, 0.25) is 0 Å². The fourth-order valence-corrected chi connectivity index (χ4v) is 9.22. The molecule has 30 heavy (non-hydrogen) atoms. The predicted molar refractivity (Wildman–Crippen MR) is 121 cm³/mol. The summed E-state index contributed by atoms with van der Waals surface area (Å²) in [6, 6.07) is 0. The molecular weight excluding hydrogens is 372 g/mol. The Kier molecular flexibility index (Phi) is 5.28. The molecule has 3 nitrogen and oxygen atoms in total. The lowest BCUT2D eigenvalue weighted by Gasteiger charge is -2.64. The zero-order valence-electron chi connectivity index (χ0n) is 20.1. The van der Waals surface area contributed by atoms with Crippen LogP contribution in [0.15, 0.2) is 11.6 Å². The fraction of sp³-hybridized carbons (Fsp3) is 0.889. The van der Waals surface area contributed by atoms with Gasteiger partial charge in [-0.2, -0.15) is 0 Å². The molecule has 3 fully saturated rings. The molecule has 0 radical (unpaired) electrons. The van der Waals surface area contributed by atoms with E-state index in [1.54, 1.807) is 5.57 Å². The van der Waals surface area contributed by atoms with E-state index in [9.17, 15) is 15.0 Å². The smallest absolute Gasteiger partial charge is 0.303 e. The second kappa shape index (κ2) is 7.09. The third kappa shape index (κ3) is 2.90. The van der Waals surface area contributed by atoms with E-state index in [1.165, 1.54) is 25.7 Å². The van der Waals surface area contributed by atoms with Crippen LogP contribution in [0.25, 0.3) is 0 Å². The van der Waals surface area contributed by atoms with Crippen molar-refractivity contribution in [3.8, 4) is 0 Å². The van der Waals surface area contributed by atoms with Gasteiger partial charge in [-0.15, -0.1) is 0 Å². The van der Waals surface area contributed by atoms with Gasteiger partial charge < -0.3 is 10.2 Å². The van der Waals surface area contributed by atoms with E-state index in [0.717, 1.165) is 25.7 Å². The van der Waals surface area contributed by atoms with Gasteiger partial charge >= 0.3 is 5.97 Å². The minimum atomic E-state index is -0.660. The molecule has 2 N–H and O–H groups in total. The number of aliphatic hydroxyl groups excluding tert-OH is 1. The van der Waals surface area contributed by atoms with Crippen molar-refractivity contribution in [3.05, 3.63) is 11.6 Å². The Hall–Kier alpha value is -0.830. The van der Waals surface area contributed by atoms with Crippen LogP contribution in [0.5, 0.6) is 0 Å². The SMILES string of the molecule is C[C@H](CCC(=O)O)[C@H]1CC[C@@]2(C)[C@@H]3CC[C@H]4C(C)(C)[C@H](O)CC[C@]4(C)C3=CC[C@]12C. The summed E-state index contributed by atoms with van der Waals surface area (Å²) < 4.78 is 0. The largest absolute Gasteiger partial charge is 0.481 e. The summed E-state index contributed by atoms with van der Waals surface area (Å²) in [5.41, 5.74) is 2.52. The second-order valence-corrected chi connectivity index (χ2v) is 12.7. The lowest BCUT2D eigenvalue weighted by atomic mass is 9.41. The number of aliphatic carboxylic acids is 1. The van der Waals surface area contributed by atoms with Crippen molar-refractivity contribution in [2.75, 3.05) is 0 Å². The lowest BCUT2D eigenvalue weighted by molar-refractivity contribution is -0.137. The predicted octanol–water partition coefficient (Wildman–Crippen LogP) is 6.45. The number of hydrogen-bond acceptors (Lipinski definition) is 2. The topological polar surface area (TPSA) is 57.5 Å². The van der Waals surface area contributed by atoms with Crippen LogP contribution < -0.4 is 0 Å². The van der Waals surface area contributed by atoms with Gasteiger partial charge in [0.1, 0.15) is 0 Å². The van der Waals surface area contributed by atoms with Gasteiger partial charge in [0.15, 0.2) is 0 Å². The van der Waals surface area contributed by atoms with E-state index in [1.807, 2.05) is 0 Å². The zero-order valence-corrected chi connectivity index (χ0v) is 20.1. The summed E-state index contributed by atoms with van der Waals surface area (Å²) in [6.45, 7) is 14.5. The molecular formula is C27H44O3. The number of fused-ring (bicyclic) bond motifs is 5. The molecule has 0 aromatic rings. The fourth-order valence-electron chi connectivity index (χ4n) is 9.22. The first kappa shape index (κ1) is 22.4. The van der Waals surface area contributed by atoms with Crippen LogP contribution in [0.1, 0.15) is 99.3 Å². The van der Waals surface area contributed by atoms with Crippen molar-refractivity contribution >= 4 is 5.97 Å². The van der Waals surface area contributed by atoms with Crippen LogP contribution in [-0.4, -0.2) is 22.3 Å². The lowest BCUT2D eigenvalue weighted by Crippen LogP contribution is -2.57. The van der Waals surface area contributed by atoms with Crippen molar-refractivity contribution in [3.63, 3.8) is 0 Å². The molecule has 0 amide bonds. The summed E-state index contributed by atoms with van der Waals surface area (Å²) in [5.74, 6) is 1.65. The zero-order chi connectivity index (χ0) is 22.1. The Morgan fingerprint density at radius 2 is 1.77 bits per heavy atom. The first-order valence-electron chi connectivity index (χ1n) is 12.5. The highest BCUT2D eigenvalue weighted by molar-refractivity contribution is 5.66. The number of allylic oxidation sites excluding steroid dienone is 2. The Balaban J connectivity index is 1.66. The van der Waals surface area contributed by atoms with Gasteiger partial charge in [0.2, 0.25) is 0 Å². The normalized spacial score (nSPS) is 48.2. The molecule has 8 atom stereocenters. The molecule has 4 aliphatic rings. The van der Waals surface area contributed by atoms with E-state index in [4.69, 9.17) is 0 Å². The molecule has 0 aliphatic heterocycles. The van der Waals surface area contributed by atoms with Crippen molar-refractivity contribution in [1.82, 2.24) is 0 Å². The van der Waals surface area contributed by atoms with Crippen LogP contribution in [0.4, 0.5) is 0 Å². The molecule has 0 unspecified atom stereocenters. The summed E-state index contributed by atoms with van der Waals surface area (Å²) in [6.07, 6.45) is 11.8. The molecule has 3 heteroatoms. The molecule has 4 rings (SSSR count). The van der Waals surface area contributed by atoms with Crippen molar-refractivity contribution in [2.24, 2.45) is 45.3 Å². The third-order valence-electron chi connectivity index (χ3n) is 11.4. The number of aliphatic hydroxyl groups is 1. The Morgan fingerprint density at radius 3 is 2.43 bits per heavy atom. The average molecular weight is 417 g/mol. The van der Waals surface area contributed by atoms with Crippen molar-refractivity contribution in [1.29, 1.82) is 0 Å². The summed E-state index contributed by atoms with van der Waals surface area (Å²) >= 11 is 0. The maximum Gasteiger partial charge on any atom is 0.303 e. The Labute approximate surface area is 183 Å². The van der Waals surface area contributed by atoms with Gasteiger partial charge in [0.05, 0.1) is 6.10 Å². The molecule has 0 heterocycles. The van der Waals surface area contributed by atoms with Gasteiger partial charge in [0.25, 0.3) is 0 Å². The minimum Gasteiger partial charge on any atom is -0.481 e. The van der Waals surface area contributed by atoms with Gasteiger partial charge in [0, 0.05) is 6.42 Å². The highest BCUT2D eigenvalue weighted by Crippen LogP contribution is 2.73. The van der Waals surface area contributed by atoms with Crippen molar-refractivity contribution < 1.29 is 15.0 Å². The minimum absolute atomic E-state index is 0.00990. The number of rotatable bonds is 4. The Morgan fingerprint density at radius 1 is 1.07 bits per heavy atom. The molecule has 0 saturated heterocycles. The van der Waals surface area contributed by atoms with Gasteiger partial charge in [-0.1, -0.05) is 53.2 Å². The molecule has 170 valence electrons. The van der Waals surface area contributed by atoms with Crippen molar-refractivity contribution in [2.45, 2.75) is 105 Å². The van der Waals surface area contributed by atoms with E-state index in [0.29, 0.717) is 35.5 Å². The van der Waals surface area contributed by atoms with E-state index < -0.39 is 5.97 Å². The van der Waals surface area contributed by atoms with Gasteiger partial charge in [-0.3, -0.25) is 4.79 Å². The molecule has 0 aromatic carbocycles. The number of carbonyl (C=O) groups is 1. The molecule has 0 aromatic heterocycles. The van der Waals surface area contributed by atoms with E-state index >= 15 is 0 Å². The summed E-state index contributed by atoms with van der Waals surface area (Å²) in [5, 5.41) is 19.9. The second-order valence-electron chi connectivity index (χ2n) is 12.7. The van der Waals surface area contributed by atoms with E-state index in [2.05, 4.69) is 47.6 Å². The molecule has 0 bridgehead atoms. The molecule has 0 spiro atoms. The molecule has 4 aliphatic carbocycles. The highest BCUT2D eigenvalue weighted by Gasteiger charge is 2.65. The summed E-state index contributed by atoms with van der Waals surface area (Å²) in [7, 11) is 0. The quantitative estimate of drug-likeness (QED) is 0.518. The van der Waals surface area contributed by atoms with Gasteiger partial charge in [-0.25, -0.2) is 0 Å².